The van der Waals surface area contributed by atoms with Gasteiger partial charge in [0.05, 0.1) is 19.6 Å². The molecule has 3 rings (SSSR count). The number of aliphatic hydroxyl groups excluding tert-OH is 1. The minimum Gasteiger partial charge on any atom is -0.487 e. The number of hydrogen-bond donors (Lipinski definition) is 1. The van der Waals surface area contributed by atoms with E-state index in [2.05, 4.69) is 4.98 Å². The topological polar surface area (TPSA) is 100 Å². The number of rotatable bonds is 7. The second-order valence-electron chi connectivity index (χ2n) is 8.76. The molecule has 184 valence electrons. The van der Waals surface area contributed by atoms with Crippen molar-refractivity contribution >= 4 is 22.0 Å². The van der Waals surface area contributed by atoms with Crippen LogP contribution in [0.4, 0.5) is 0 Å². The number of carbonyl (C=O) groups is 1. The van der Waals surface area contributed by atoms with E-state index in [0.29, 0.717) is 0 Å². The van der Waals surface area contributed by atoms with Crippen LogP contribution in [-0.4, -0.2) is 72.5 Å². The molecule has 0 saturated carbocycles. The summed E-state index contributed by atoms with van der Waals surface area (Å²) in [6, 6.07) is 8.02. The van der Waals surface area contributed by atoms with E-state index in [0.717, 1.165) is 11.1 Å². The molecule has 0 saturated heterocycles. The minimum absolute atomic E-state index is 0.0577. The zero-order chi connectivity index (χ0) is 24.9. The molecule has 0 bridgehead atoms. The molecule has 0 fully saturated rings. The summed E-state index contributed by atoms with van der Waals surface area (Å²) < 4.78 is 34.6. The van der Waals surface area contributed by atoms with Crippen LogP contribution in [-0.2, 0) is 21.2 Å². The standard InChI is InChI=1S/C25H33N3O5S/c1-5-7-20-9-10-24-22(12-20)33-23(18(2)15-28(19(3)17-29)34(24,31)32)16-27(4)25(30)13-21-8-6-11-26-14-21/h5-12,14,18-19,23,29H,13,15-17H2,1-4H3/b7-5+/t18-,19+,23-/m1/s1. The lowest BCUT2D eigenvalue weighted by Gasteiger charge is -2.37. The van der Waals surface area contributed by atoms with E-state index in [9.17, 15) is 18.3 Å². The normalized spacial score (nSPS) is 21.2. The highest BCUT2D eigenvalue weighted by atomic mass is 32.2. The average molecular weight is 488 g/mol. The number of pyridine rings is 1. The van der Waals surface area contributed by atoms with Crippen LogP contribution < -0.4 is 4.74 Å². The highest BCUT2D eigenvalue weighted by molar-refractivity contribution is 7.89. The summed E-state index contributed by atoms with van der Waals surface area (Å²) in [7, 11) is -2.17. The molecule has 2 heterocycles. The molecule has 1 amide bonds. The Kier molecular flexibility index (Phi) is 8.46. The van der Waals surface area contributed by atoms with Gasteiger partial charge in [-0.1, -0.05) is 31.2 Å². The number of nitrogens with zero attached hydrogens (tertiary/aromatic N) is 3. The molecule has 0 spiro atoms. The Morgan fingerprint density at radius 1 is 1.38 bits per heavy atom. The molecule has 0 aliphatic carbocycles. The molecule has 34 heavy (non-hydrogen) atoms. The fourth-order valence-corrected chi connectivity index (χ4v) is 5.77. The zero-order valence-corrected chi connectivity index (χ0v) is 20.9. The number of likely N-dealkylation sites (N-methyl/N-ethyl adjacent to an activating group) is 1. The van der Waals surface area contributed by atoms with Gasteiger partial charge >= 0.3 is 0 Å². The summed E-state index contributed by atoms with van der Waals surface area (Å²) in [5.74, 6) is -0.0757. The minimum atomic E-state index is -3.89. The SMILES string of the molecule is C/C=C/c1ccc2c(c1)O[C@H](CN(C)C(=O)Cc1cccnc1)[C@H](C)CN([C@@H](C)CO)S2(=O)=O. The molecule has 9 heteroatoms. The Hall–Kier alpha value is -2.75. The number of amides is 1. The number of aromatic nitrogens is 1. The zero-order valence-electron chi connectivity index (χ0n) is 20.1. The molecule has 2 aromatic rings. The van der Waals surface area contributed by atoms with Crippen molar-refractivity contribution in [1.29, 1.82) is 0 Å². The third-order valence-electron chi connectivity index (χ3n) is 6.01. The first-order valence-corrected chi connectivity index (χ1v) is 12.8. The first kappa shape index (κ1) is 25.9. The van der Waals surface area contributed by atoms with Crippen molar-refractivity contribution in [3.63, 3.8) is 0 Å². The number of sulfonamides is 1. The van der Waals surface area contributed by atoms with E-state index in [4.69, 9.17) is 4.74 Å². The van der Waals surface area contributed by atoms with Crippen LogP contribution in [0.25, 0.3) is 6.08 Å². The van der Waals surface area contributed by atoms with Gasteiger partial charge in [0.25, 0.3) is 0 Å². The van der Waals surface area contributed by atoms with Crippen LogP contribution in [0.15, 0.2) is 53.7 Å². The van der Waals surface area contributed by atoms with Gasteiger partial charge in [-0.25, -0.2) is 8.42 Å². The summed E-state index contributed by atoms with van der Waals surface area (Å²) >= 11 is 0. The van der Waals surface area contributed by atoms with Crippen LogP contribution in [0.3, 0.4) is 0 Å². The van der Waals surface area contributed by atoms with Gasteiger partial charge < -0.3 is 14.7 Å². The van der Waals surface area contributed by atoms with E-state index < -0.39 is 22.2 Å². The van der Waals surface area contributed by atoms with Crippen molar-refractivity contribution in [1.82, 2.24) is 14.2 Å². The van der Waals surface area contributed by atoms with Crippen LogP contribution in [0, 0.1) is 5.92 Å². The molecule has 1 N–H and O–H groups in total. The van der Waals surface area contributed by atoms with Gasteiger partial charge in [0.15, 0.2) is 0 Å². The van der Waals surface area contributed by atoms with Crippen molar-refractivity contribution in [3.8, 4) is 5.75 Å². The summed E-state index contributed by atoms with van der Waals surface area (Å²) in [6.45, 7) is 5.61. The van der Waals surface area contributed by atoms with Gasteiger partial charge in [-0.15, -0.1) is 0 Å². The molecule has 0 radical (unpaired) electrons. The molecule has 8 nitrogen and oxygen atoms in total. The van der Waals surface area contributed by atoms with Gasteiger partial charge in [0.1, 0.15) is 16.7 Å². The highest BCUT2D eigenvalue weighted by Gasteiger charge is 2.38. The van der Waals surface area contributed by atoms with Crippen molar-refractivity contribution < 1.29 is 23.1 Å². The molecule has 1 aromatic heterocycles. The third kappa shape index (κ3) is 5.84. The van der Waals surface area contributed by atoms with Crippen LogP contribution in [0.1, 0.15) is 31.9 Å². The first-order chi connectivity index (χ1) is 16.2. The van der Waals surface area contributed by atoms with Gasteiger partial charge in [0, 0.05) is 37.9 Å². The van der Waals surface area contributed by atoms with Gasteiger partial charge in [-0.05, 0) is 43.2 Å². The predicted octanol–water partition coefficient (Wildman–Crippen LogP) is 2.58. The van der Waals surface area contributed by atoms with Crippen molar-refractivity contribution in [2.24, 2.45) is 5.92 Å². The van der Waals surface area contributed by atoms with Gasteiger partial charge in [-0.2, -0.15) is 4.31 Å². The molecule has 0 unspecified atom stereocenters. The van der Waals surface area contributed by atoms with Gasteiger partial charge in [0.2, 0.25) is 15.9 Å². The lowest BCUT2D eigenvalue weighted by Crippen LogP contribution is -2.50. The number of hydrogen-bond acceptors (Lipinski definition) is 6. The number of ether oxygens (including phenoxy) is 1. The van der Waals surface area contributed by atoms with Gasteiger partial charge in [-0.3, -0.25) is 9.78 Å². The van der Waals surface area contributed by atoms with E-state index in [1.807, 2.05) is 32.1 Å². The largest absolute Gasteiger partial charge is 0.487 e. The first-order valence-electron chi connectivity index (χ1n) is 11.4. The third-order valence-corrected chi connectivity index (χ3v) is 8.03. The fraction of sp³-hybridized carbons (Fsp3) is 0.440. The number of allylic oxidation sites excluding steroid dienone is 1. The predicted molar refractivity (Wildman–Crippen MR) is 131 cm³/mol. The van der Waals surface area contributed by atoms with Crippen molar-refractivity contribution in [2.45, 2.75) is 44.2 Å². The summed E-state index contributed by atoms with van der Waals surface area (Å²) in [6.07, 6.45) is 6.82. The van der Waals surface area contributed by atoms with E-state index in [1.54, 1.807) is 55.5 Å². The summed E-state index contributed by atoms with van der Waals surface area (Å²) in [4.78, 5) is 18.6. The second-order valence-corrected chi connectivity index (χ2v) is 10.6. The maximum absolute atomic E-state index is 13.5. The molecule has 3 atom stereocenters. The molecule has 1 aliphatic heterocycles. The fourth-order valence-electron chi connectivity index (χ4n) is 3.94. The monoisotopic (exact) mass is 487 g/mol. The molecular formula is C25H33N3O5S. The molecule has 1 aromatic carbocycles. The number of aliphatic hydroxyl groups is 1. The Morgan fingerprint density at radius 3 is 2.79 bits per heavy atom. The molecule has 1 aliphatic rings. The second kappa shape index (κ2) is 11.1. The lowest BCUT2D eigenvalue weighted by atomic mass is 10.0. The lowest BCUT2D eigenvalue weighted by molar-refractivity contribution is -0.130. The summed E-state index contributed by atoms with van der Waals surface area (Å²) in [5.41, 5.74) is 1.63. The maximum Gasteiger partial charge on any atom is 0.247 e. The van der Waals surface area contributed by atoms with E-state index in [-0.39, 0.29) is 48.6 Å². The van der Waals surface area contributed by atoms with Crippen LogP contribution >= 0.6 is 0 Å². The van der Waals surface area contributed by atoms with Crippen LogP contribution in [0.2, 0.25) is 0 Å². The smallest absolute Gasteiger partial charge is 0.247 e. The maximum atomic E-state index is 13.5. The molecular weight excluding hydrogens is 454 g/mol. The van der Waals surface area contributed by atoms with Crippen LogP contribution in [0.5, 0.6) is 5.75 Å². The van der Waals surface area contributed by atoms with Crippen molar-refractivity contribution in [3.05, 3.63) is 59.9 Å². The Balaban J connectivity index is 1.94. The number of carbonyl (C=O) groups excluding carboxylic acids is 1. The highest BCUT2D eigenvalue weighted by Crippen LogP contribution is 2.34. The van der Waals surface area contributed by atoms with Crippen molar-refractivity contribution in [2.75, 3.05) is 26.7 Å². The average Bonchev–Trinajstić information content (AvgIpc) is 2.81. The van der Waals surface area contributed by atoms with E-state index >= 15 is 0 Å². The Labute approximate surface area is 201 Å². The Bertz CT molecular complexity index is 1120. The Morgan fingerprint density at radius 2 is 2.15 bits per heavy atom. The summed E-state index contributed by atoms with van der Waals surface area (Å²) in [5, 5.41) is 9.75. The number of fused-ring (bicyclic) bond motifs is 1. The number of benzene rings is 1. The quantitative estimate of drug-likeness (QED) is 0.644. The van der Waals surface area contributed by atoms with E-state index in [1.165, 1.54) is 4.31 Å².